The zero-order valence-corrected chi connectivity index (χ0v) is 20.3. The molecule has 0 bridgehead atoms. The summed E-state index contributed by atoms with van der Waals surface area (Å²) in [6.07, 6.45) is 7.20. The Balaban J connectivity index is 1.57. The average Bonchev–Trinajstić information content (AvgIpc) is 3.29. The highest BCUT2D eigenvalue weighted by atomic mass is 15.0. The Hall–Kier alpha value is -2.81. The van der Waals surface area contributed by atoms with Crippen LogP contribution in [0.2, 0.25) is 0 Å². The first kappa shape index (κ1) is 22.4. The fourth-order valence-corrected chi connectivity index (χ4v) is 4.82. The van der Waals surface area contributed by atoms with Crippen LogP contribution in [0.25, 0.3) is 22.3 Å². The van der Waals surface area contributed by atoms with Crippen molar-refractivity contribution in [2.45, 2.75) is 66.3 Å². The van der Waals surface area contributed by atoms with E-state index in [9.17, 15) is 0 Å². The summed E-state index contributed by atoms with van der Waals surface area (Å²) >= 11 is 0. The molecule has 0 radical (unpaired) electrons. The van der Waals surface area contributed by atoms with Crippen molar-refractivity contribution >= 4 is 11.5 Å². The number of hydrogen-bond acceptors (Lipinski definition) is 3. The zero-order valence-electron chi connectivity index (χ0n) is 20.3. The molecule has 1 fully saturated rings. The highest BCUT2D eigenvalue weighted by Crippen LogP contribution is 2.36. The van der Waals surface area contributed by atoms with E-state index >= 15 is 0 Å². The van der Waals surface area contributed by atoms with Gasteiger partial charge in [0.05, 0.1) is 0 Å². The topological polar surface area (TPSA) is 37.0 Å². The van der Waals surface area contributed by atoms with E-state index in [1.165, 1.54) is 70.3 Å². The van der Waals surface area contributed by atoms with E-state index in [1.807, 2.05) is 6.20 Å². The van der Waals surface area contributed by atoms with Crippen molar-refractivity contribution in [3.05, 3.63) is 65.4 Å². The molecule has 3 heteroatoms. The summed E-state index contributed by atoms with van der Waals surface area (Å²) in [6.45, 7) is 12.2. The minimum Gasteiger partial charge on any atom is -0.385 e. The van der Waals surface area contributed by atoms with Crippen LogP contribution in [0.4, 0.5) is 11.5 Å². The van der Waals surface area contributed by atoms with Crippen molar-refractivity contribution in [3.63, 3.8) is 0 Å². The van der Waals surface area contributed by atoms with Crippen LogP contribution in [0.5, 0.6) is 0 Å². The lowest BCUT2D eigenvalue weighted by Gasteiger charge is -2.18. The first-order valence-electron chi connectivity index (χ1n) is 12.1. The van der Waals surface area contributed by atoms with Gasteiger partial charge in [0.1, 0.15) is 5.82 Å². The predicted molar refractivity (Wildman–Crippen MR) is 139 cm³/mol. The lowest BCUT2D eigenvalue weighted by molar-refractivity contribution is 0.689. The van der Waals surface area contributed by atoms with Crippen LogP contribution in [0.1, 0.15) is 56.2 Å². The largest absolute Gasteiger partial charge is 0.385 e. The van der Waals surface area contributed by atoms with E-state index in [0.717, 1.165) is 12.4 Å². The van der Waals surface area contributed by atoms with Gasteiger partial charge in [0.25, 0.3) is 0 Å². The lowest BCUT2D eigenvalue weighted by Crippen LogP contribution is -2.15. The second kappa shape index (κ2) is 9.77. The quantitative estimate of drug-likeness (QED) is 0.404. The van der Waals surface area contributed by atoms with Gasteiger partial charge in [-0.15, -0.1) is 0 Å². The van der Waals surface area contributed by atoms with Crippen molar-refractivity contribution in [2.75, 3.05) is 17.2 Å². The molecular formula is C29H37N3. The number of aromatic nitrogens is 1. The third-order valence-electron chi connectivity index (χ3n) is 6.77. The monoisotopic (exact) mass is 427 g/mol. The van der Waals surface area contributed by atoms with Gasteiger partial charge in [-0.05, 0) is 97.2 Å². The number of anilines is 2. The summed E-state index contributed by atoms with van der Waals surface area (Å²) in [7, 11) is 0. The summed E-state index contributed by atoms with van der Waals surface area (Å²) in [5.74, 6) is 1.63. The van der Waals surface area contributed by atoms with Gasteiger partial charge >= 0.3 is 0 Å². The lowest BCUT2D eigenvalue weighted by atomic mass is 9.87. The van der Waals surface area contributed by atoms with Gasteiger partial charge in [-0.25, -0.2) is 4.98 Å². The maximum Gasteiger partial charge on any atom is 0.126 e. The molecular weight excluding hydrogens is 390 g/mol. The summed E-state index contributed by atoms with van der Waals surface area (Å²) in [5, 5.41) is 7.10. The zero-order chi connectivity index (χ0) is 22.7. The summed E-state index contributed by atoms with van der Waals surface area (Å²) in [4.78, 5) is 4.72. The van der Waals surface area contributed by atoms with Crippen LogP contribution in [0, 0.1) is 26.7 Å². The minimum absolute atomic E-state index is 0.589. The molecule has 4 rings (SSSR count). The van der Waals surface area contributed by atoms with Crippen LogP contribution < -0.4 is 10.6 Å². The van der Waals surface area contributed by atoms with Gasteiger partial charge in [0.2, 0.25) is 0 Å². The smallest absolute Gasteiger partial charge is 0.126 e. The number of nitrogens with one attached hydrogen (secondary N) is 2. The van der Waals surface area contributed by atoms with Gasteiger partial charge in [0, 0.05) is 30.0 Å². The molecule has 3 aromatic rings. The summed E-state index contributed by atoms with van der Waals surface area (Å²) in [6, 6.07) is 16.1. The number of benzene rings is 2. The third-order valence-corrected chi connectivity index (χ3v) is 6.77. The Morgan fingerprint density at radius 1 is 0.906 bits per heavy atom. The SMILES string of the molecule is Cc1cc(-c2ccc(NC3CCCC3)nc2)c(C)c(C)c1-c1ccc(NCC(C)C)cc1. The normalized spacial score (nSPS) is 14.2. The number of rotatable bonds is 7. The maximum absolute atomic E-state index is 4.72. The molecule has 0 spiro atoms. The fraction of sp³-hybridized carbons (Fsp3) is 0.414. The van der Waals surface area contributed by atoms with Crippen molar-refractivity contribution in [1.29, 1.82) is 0 Å². The first-order valence-corrected chi connectivity index (χ1v) is 12.1. The number of aryl methyl sites for hydroxylation is 1. The molecule has 0 saturated heterocycles. The van der Waals surface area contributed by atoms with Gasteiger partial charge < -0.3 is 10.6 Å². The third kappa shape index (κ3) is 4.98. The molecule has 1 aliphatic carbocycles. The molecule has 3 nitrogen and oxygen atoms in total. The van der Waals surface area contributed by atoms with Crippen molar-refractivity contribution in [3.8, 4) is 22.3 Å². The van der Waals surface area contributed by atoms with Crippen molar-refractivity contribution in [1.82, 2.24) is 4.98 Å². The van der Waals surface area contributed by atoms with Gasteiger partial charge in [0.15, 0.2) is 0 Å². The first-order chi connectivity index (χ1) is 15.4. The molecule has 1 aliphatic rings. The Kier molecular flexibility index (Phi) is 6.83. The van der Waals surface area contributed by atoms with Crippen molar-refractivity contribution in [2.24, 2.45) is 5.92 Å². The van der Waals surface area contributed by atoms with Crippen molar-refractivity contribution < 1.29 is 0 Å². The van der Waals surface area contributed by atoms with Crippen LogP contribution in [0.15, 0.2) is 48.7 Å². The second-order valence-corrected chi connectivity index (χ2v) is 9.78. The van der Waals surface area contributed by atoms with Crippen LogP contribution in [0.3, 0.4) is 0 Å². The Morgan fingerprint density at radius 3 is 2.22 bits per heavy atom. The molecule has 1 aromatic heterocycles. The van der Waals surface area contributed by atoms with Crippen LogP contribution in [-0.2, 0) is 0 Å². The molecule has 32 heavy (non-hydrogen) atoms. The van der Waals surface area contributed by atoms with E-state index in [0.29, 0.717) is 12.0 Å². The Morgan fingerprint density at radius 2 is 1.59 bits per heavy atom. The molecule has 168 valence electrons. The van der Waals surface area contributed by atoms with E-state index in [2.05, 4.69) is 87.7 Å². The Bertz CT molecular complexity index is 1040. The minimum atomic E-state index is 0.589. The molecule has 0 atom stereocenters. The molecule has 0 aliphatic heterocycles. The molecule has 0 unspecified atom stereocenters. The van der Waals surface area contributed by atoms with Crippen LogP contribution in [-0.4, -0.2) is 17.6 Å². The van der Waals surface area contributed by atoms with Gasteiger partial charge in [-0.1, -0.05) is 44.9 Å². The number of pyridine rings is 1. The Labute approximate surface area is 193 Å². The van der Waals surface area contributed by atoms with Gasteiger partial charge in [-0.2, -0.15) is 0 Å². The van der Waals surface area contributed by atoms with Gasteiger partial charge in [-0.3, -0.25) is 0 Å². The average molecular weight is 428 g/mol. The standard InChI is InChI=1S/C29H37N3/c1-19(2)17-30-25-13-10-23(11-14-25)29-20(3)16-27(21(4)22(29)5)24-12-15-28(31-18-24)32-26-8-6-7-9-26/h10-16,18-19,26,30H,6-9,17H2,1-5H3,(H,31,32). The number of hydrogen-bond donors (Lipinski definition) is 2. The summed E-state index contributed by atoms with van der Waals surface area (Å²) in [5.41, 5.74) is 10.2. The maximum atomic E-state index is 4.72. The number of nitrogens with zero attached hydrogens (tertiary/aromatic N) is 1. The molecule has 0 amide bonds. The highest BCUT2D eigenvalue weighted by Gasteiger charge is 2.16. The fourth-order valence-electron chi connectivity index (χ4n) is 4.82. The highest BCUT2D eigenvalue weighted by molar-refractivity contribution is 5.80. The van der Waals surface area contributed by atoms with E-state index in [-0.39, 0.29) is 0 Å². The molecule has 2 N–H and O–H groups in total. The van der Waals surface area contributed by atoms with E-state index in [1.54, 1.807) is 0 Å². The van der Waals surface area contributed by atoms with Crippen LogP contribution >= 0.6 is 0 Å². The van der Waals surface area contributed by atoms with E-state index < -0.39 is 0 Å². The summed E-state index contributed by atoms with van der Waals surface area (Å²) < 4.78 is 0. The molecule has 2 aromatic carbocycles. The predicted octanol–water partition coefficient (Wildman–Crippen LogP) is 7.76. The molecule has 1 saturated carbocycles. The molecule has 1 heterocycles. The van der Waals surface area contributed by atoms with E-state index in [4.69, 9.17) is 4.98 Å². The second-order valence-electron chi connectivity index (χ2n) is 9.78.